The molecule has 0 N–H and O–H groups in total. The Balaban J connectivity index is 1.30. The number of fused-ring (bicyclic) bond motifs is 4. The van der Waals surface area contributed by atoms with Crippen LogP contribution in [0.5, 0.6) is 0 Å². The fraction of sp³-hybridized carbons (Fsp3) is 0.111. The van der Waals surface area contributed by atoms with Crippen molar-refractivity contribution in [3.8, 4) is 45.8 Å². The highest BCUT2D eigenvalue weighted by Crippen LogP contribution is 2.41. The smallest absolute Gasteiger partial charge is 0.101 e. The second kappa shape index (κ2) is 12.3. The number of para-hydroxylation sites is 3. The van der Waals surface area contributed by atoms with Crippen LogP contribution in [-0.4, -0.2) is 9.13 Å². The number of nitriles is 2. The summed E-state index contributed by atoms with van der Waals surface area (Å²) in [7, 11) is 0. The Morgan fingerprint density at radius 3 is 2.14 bits per heavy atom. The van der Waals surface area contributed by atoms with Crippen LogP contribution in [0.2, 0.25) is 0 Å². The zero-order valence-corrected chi connectivity index (χ0v) is 27.4. The number of nitrogens with zero attached hydrogens (tertiary/aromatic N) is 4. The van der Waals surface area contributed by atoms with Crippen LogP contribution in [0.15, 0.2) is 122 Å². The van der Waals surface area contributed by atoms with E-state index in [2.05, 4.69) is 88.5 Å². The van der Waals surface area contributed by atoms with Crippen LogP contribution in [0.4, 0.5) is 0 Å². The van der Waals surface area contributed by atoms with Gasteiger partial charge in [-0.3, -0.25) is 0 Å². The predicted octanol–water partition coefficient (Wildman–Crippen LogP) is 11.2. The normalized spacial score (nSPS) is 12.6. The molecule has 0 aliphatic heterocycles. The lowest BCUT2D eigenvalue weighted by molar-refractivity contribution is 0.667. The van der Waals surface area contributed by atoms with Gasteiger partial charge in [-0.25, -0.2) is 0 Å². The van der Waals surface area contributed by atoms with E-state index in [0.29, 0.717) is 11.1 Å². The maximum Gasteiger partial charge on any atom is 0.101 e. The Kier molecular flexibility index (Phi) is 7.56. The molecule has 8 rings (SSSR count). The zero-order chi connectivity index (χ0) is 33.5. The van der Waals surface area contributed by atoms with Gasteiger partial charge in [0.15, 0.2) is 0 Å². The lowest BCUT2D eigenvalue weighted by Crippen LogP contribution is -2.08. The number of aromatic nitrogens is 2. The lowest BCUT2D eigenvalue weighted by atomic mass is 9.90. The summed E-state index contributed by atoms with van der Waals surface area (Å²) in [5.74, 6) is 0. The molecule has 1 aliphatic rings. The molecule has 234 valence electrons. The minimum Gasteiger partial charge on any atom is -0.313 e. The summed E-state index contributed by atoms with van der Waals surface area (Å²) in [6.07, 6.45) is 10.5. The number of rotatable bonds is 6. The Morgan fingerprint density at radius 1 is 0.673 bits per heavy atom. The standard InChI is InChI=1S/C45H34N4/c1-3-14-34-36-16-6-10-22-43(36)48(40(34)4-2)41-26-25-30(27-31(41)28-46)32-19-13-20-33(39(32)29-47)35-15-5-9-21-42(35)49-44-23-11-7-17-37(44)38-18-8-12-24-45(38)49/h3-7,9-11,13-17,19-23,25-27H,2,8,12,18,24H2,1H3/b14-3-. The number of aryl methyl sites for hydroxylation is 1. The highest BCUT2D eigenvalue weighted by Gasteiger charge is 2.24. The summed E-state index contributed by atoms with van der Waals surface area (Å²) in [5.41, 5.74) is 13.5. The molecular formula is C45H34N4. The fourth-order valence-corrected chi connectivity index (χ4v) is 7.88. The van der Waals surface area contributed by atoms with Crippen LogP contribution >= 0.6 is 0 Å². The summed E-state index contributed by atoms with van der Waals surface area (Å²) in [5, 5.41) is 23.7. The molecule has 4 heteroatoms. The van der Waals surface area contributed by atoms with Gasteiger partial charge < -0.3 is 9.13 Å². The number of benzene rings is 5. The third-order valence-electron chi connectivity index (χ3n) is 9.94. The summed E-state index contributed by atoms with van der Waals surface area (Å²) in [6, 6.07) is 42.3. The van der Waals surface area contributed by atoms with Crippen molar-refractivity contribution < 1.29 is 0 Å². The van der Waals surface area contributed by atoms with Crippen molar-refractivity contribution in [3.05, 3.63) is 155 Å². The van der Waals surface area contributed by atoms with Crippen molar-refractivity contribution in [2.75, 3.05) is 0 Å². The first kappa shape index (κ1) is 30.0. The average molecular weight is 631 g/mol. The highest BCUT2D eigenvalue weighted by atomic mass is 15.0. The molecular weight excluding hydrogens is 597 g/mol. The number of hydrogen-bond acceptors (Lipinski definition) is 2. The van der Waals surface area contributed by atoms with Gasteiger partial charge in [0, 0.05) is 38.7 Å². The second-order valence-corrected chi connectivity index (χ2v) is 12.5. The number of allylic oxidation sites excluding steroid dienone is 1. The molecule has 0 radical (unpaired) electrons. The van der Waals surface area contributed by atoms with Crippen molar-refractivity contribution in [2.24, 2.45) is 0 Å². The van der Waals surface area contributed by atoms with Crippen molar-refractivity contribution in [1.29, 1.82) is 10.5 Å². The Labute approximate surface area is 286 Å². The van der Waals surface area contributed by atoms with E-state index in [1.807, 2.05) is 73.7 Å². The highest BCUT2D eigenvalue weighted by molar-refractivity contribution is 5.96. The van der Waals surface area contributed by atoms with Crippen LogP contribution in [0.25, 0.3) is 67.6 Å². The van der Waals surface area contributed by atoms with Gasteiger partial charge >= 0.3 is 0 Å². The molecule has 7 aromatic rings. The van der Waals surface area contributed by atoms with Gasteiger partial charge in [0.2, 0.25) is 0 Å². The molecule has 4 nitrogen and oxygen atoms in total. The molecule has 49 heavy (non-hydrogen) atoms. The van der Waals surface area contributed by atoms with Gasteiger partial charge in [-0.2, -0.15) is 10.5 Å². The molecule has 0 unspecified atom stereocenters. The average Bonchev–Trinajstić information content (AvgIpc) is 3.66. The van der Waals surface area contributed by atoms with Gasteiger partial charge in [-0.05, 0) is 80.1 Å². The van der Waals surface area contributed by atoms with Crippen molar-refractivity contribution >= 4 is 34.0 Å². The van der Waals surface area contributed by atoms with E-state index in [1.54, 1.807) is 0 Å². The van der Waals surface area contributed by atoms with Gasteiger partial charge in [0.1, 0.15) is 12.1 Å². The summed E-state index contributed by atoms with van der Waals surface area (Å²) >= 11 is 0. The van der Waals surface area contributed by atoms with E-state index in [-0.39, 0.29) is 0 Å². The lowest BCUT2D eigenvalue weighted by Gasteiger charge is -2.20. The van der Waals surface area contributed by atoms with Crippen LogP contribution in [0, 0.1) is 22.7 Å². The van der Waals surface area contributed by atoms with Crippen LogP contribution in [-0.2, 0) is 12.8 Å². The quantitative estimate of drug-likeness (QED) is 0.184. The third-order valence-corrected chi connectivity index (χ3v) is 9.94. The largest absolute Gasteiger partial charge is 0.313 e. The Morgan fingerprint density at radius 2 is 1.37 bits per heavy atom. The van der Waals surface area contributed by atoms with Crippen molar-refractivity contribution in [2.45, 2.75) is 32.6 Å². The molecule has 2 aromatic heterocycles. The van der Waals surface area contributed by atoms with E-state index in [0.717, 1.165) is 68.6 Å². The van der Waals surface area contributed by atoms with E-state index < -0.39 is 0 Å². The molecule has 0 atom stereocenters. The fourth-order valence-electron chi connectivity index (χ4n) is 7.88. The molecule has 0 saturated heterocycles. The molecule has 2 heterocycles. The SMILES string of the molecule is C=Cc1c(/C=C\C)c2ccccc2n1-c1ccc(-c2cccc(-c3ccccc3-n3c4c(c5ccccc53)CCCC4)c2C#N)cc1C#N. The van der Waals surface area contributed by atoms with Crippen LogP contribution in [0.3, 0.4) is 0 Å². The van der Waals surface area contributed by atoms with Crippen LogP contribution in [0.1, 0.15) is 53.4 Å². The van der Waals surface area contributed by atoms with Gasteiger partial charge in [-0.15, -0.1) is 0 Å². The van der Waals surface area contributed by atoms with Gasteiger partial charge in [0.25, 0.3) is 0 Å². The predicted molar refractivity (Wildman–Crippen MR) is 202 cm³/mol. The second-order valence-electron chi connectivity index (χ2n) is 12.5. The molecule has 0 spiro atoms. The molecule has 5 aromatic carbocycles. The molecule has 0 saturated carbocycles. The summed E-state index contributed by atoms with van der Waals surface area (Å²) in [6.45, 7) is 6.13. The van der Waals surface area contributed by atoms with Crippen molar-refractivity contribution in [3.63, 3.8) is 0 Å². The Hall–Kier alpha value is -6.36. The maximum absolute atomic E-state index is 10.8. The summed E-state index contributed by atoms with van der Waals surface area (Å²) in [4.78, 5) is 0. The van der Waals surface area contributed by atoms with E-state index in [9.17, 15) is 10.5 Å². The van der Waals surface area contributed by atoms with Crippen LogP contribution < -0.4 is 0 Å². The molecule has 1 aliphatic carbocycles. The van der Waals surface area contributed by atoms with Gasteiger partial charge in [0.05, 0.1) is 39.2 Å². The maximum atomic E-state index is 10.8. The molecule has 0 amide bonds. The first-order valence-corrected chi connectivity index (χ1v) is 16.9. The van der Waals surface area contributed by atoms with E-state index in [4.69, 9.17) is 0 Å². The molecule has 0 bridgehead atoms. The first-order chi connectivity index (χ1) is 24.2. The summed E-state index contributed by atoms with van der Waals surface area (Å²) < 4.78 is 4.54. The number of hydrogen-bond donors (Lipinski definition) is 0. The minimum atomic E-state index is 0.522. The van der Waals surface area contributed by atoms with E-state index in [1.165, 1.54) is 35.0 Å². The first-order valence-electron chi connectivity index (χ1n) is 16.9. The monoisotopic (exact) mass is 630 g/mol. The van der Waals surface area contributed by atoms with E-state index >= 15 is 0 Å². The minimum absolute atomic E-state index is 0.522. The topological polar surface area (TPSA) is 57.4 Å². The Bertz CT molecular complexity index is 2560. The zero-order valence-electron chi connectivity index (χ0n) is 27.4. The van der Waals surface area contributed by atoms with Crippen molar-refractivity contribution in [1.82, 2.24) is 9.13 Å². The third kappa shape index (κ3) is 4.73. The van der Waals surface area contributed by atoms with Gasteiger partial charge in [-0.1, -0.05) is 97.6 Å². The molecule has 0 fully saturated rings.